The lowest BCUT2D eigenvalue weighted by Crippen LogP contribution is -2.05. The molecule has 2 aromatic rings. The molecule has 5 nitrogen and oxygen atoms in total. The molecule has 0 radical (unpaired) electrons. The summed E-state index contributed by atoms with van der Waals surface area (Å²) in [5.74, 6) is 0.145. The molecular weight excluding hydrogens is 268 g/mol. The van der Waals surface area contributed by atoms with Crippen LogP contribution in [0.3, 0.4) is 0 Å². The predicted octanol–water partition coefficient (Wildman–Crippen LogP) is 2.83. The molecule has 1 N–H and O–H groups in total. The summed E-state index contributed by atoms with van der Waals surface area (Å²) < 4.78 is 7.29. The van der Waals surface area contributed by atoms with Crippen molar-refractivity contribution in [2.75, 3.05) is 0 Å². The van der Waals surface area contributed by atoms with Gasteiger partial charge >= 0.3 is 5.97 Å². The standard InChI is InChI=1S/C13H13ClN2O3/c1-2-16-7-11(13(17)18)15-12(16)8-19-10-5-3-4-9(14)6-10/h3-7H,2,8H2,1H3,(H,17,18). The second kappa shape index (κ2) is 5.75. The molecule has 1 aromatic carbocycles. The average Bonchev–Trinajstić information content (AvgIpc) is 2.80. The van der Waals surface area contributed by atoms with Crippen molar-refractivity contribution >= 4 is 17.6 Å². The number of imidazole rings is 1. The smallest absolute Gasteiger partial charge is 0.356 e. The maximum absolute atomic E-state index is 10.9. The van der Waals surface area contributed by atoms with Gasteiger partial charge in [-0.25, -0.2) is 9.78 Å². The van der Waals surface area contributed by atoms with E-state index >= 15 is 0 Å². The quantitative estimate of drug-likeness (QED) is 0.915. The topological polar surface area (TPSA) is 64.4 Å². The Bertz CT molecular complexity index is 595. The summed E-state index contributed by atoms with van der Waals surface area (Å²) in [7, 11) is 0. The Morgan fingerprint density at radius 2 is 2.32 bits per heavy atom. The van der Waals surface area contributed by atoms with Crippen LogP contribution in [0.25, 0.3) is 0 Å². The first-order valence-corrected chi connectivity index (χ1v) is 6.15. The van der Waals surface area contributed by atoms with Gasteiger partial charge in [0.15, 0.2) is 5.69 Å². The Morgan fingerprint density at radius 3 is 2.95 bits per heavy atom. The molecule has 1 heterocycles. The van der Waals surface area contributed by atoms with E-state index in [2.05, 4.69) is 4.98 Å². The zero-order valence-corrected chi connectivity index (χ0v) is 11.1. The number of rotatable bonds is 5. The molecule has 0 amide bonds. The van der Waals surface area contributed by atoms with Gasteiger partial charge in [-0.2, -0.15) is 0 Å². The fraction of sp³-hybridized carbons (Fsp3) is 0.231. The number of hydrogen-bond acceptors (Lipinski definition) is 3. The number of aromatic carboxylic acids is 1. The molecule has 6 heteroatoms. The van der Waals surface area contributed by atoms with Crippen LogP contribution >= 0.6 is 11.6 Å². The van der Waals surface area contributed by atoms with Crippen LogP contribution < -0.4 is 4.74 Å². The molecule has 0 aliphatic carbocycles. The monoisotopic (exact) mass is 280 g/mol. The normalized spacial score (nSPS) is 10.4. The third-order valence-electron chi connectivity index (χ3n) is 2.58. The summed E-state index contributed by atoms with van der Waals surface area (Å²) in [6, 6.07) is 7.01. The molecule has 1 aromatic heterocycles. The highest BCUT2D eigenvalue weighted by atomic mass is 35.5. The van der Waals surface area contributed by atoms with E-state index < -0.39 is 5.97 Å². The number of nitrogens with zero attached hydrogens (tertiary/aromatic N) is 2. The molecule has 0 saturated heterocycles. The van der Waals surface area contributed by atoms with E-state index in [0.29, 0.717) is 23.1 Å². The van der Waals surface area contributed by atoms with Crippen molar-refractivity contribution in [2.24, 2.45) is 0 Å². The number of benzene rings is 1. The number of aryl methyl sites for hydroxylation is 1. The highest BCUT2D eigenvalue weighted by molar-refractivity contribution is 6.30. The minimum absolute atomic E-state index is 0.0199. The molecule has 0 saturated carbocycles. The lowest BCUT2D eigenvalue weighted by Gasteiger charge is -2.07. The molecule has 19 heavy (non-hydrogen) atoms. The van der Waals surface area contributed by atoms with Gasteiger partial charge in [-0.1, -0.05) is 17.7 Å². The van der Waals surface area contributed by atoms with Crippen molar-refractivity contribution in [2.45, 2.75) is 20.1 Å². The largest absolute Gasteiger partial charge is 0.486 e. The summed E-state index contributed by atoms with van der Waals surface area (Å²) in [4.78, 5) is 14.9. The summed E-state index contributed by atoms with van der Waals surface area (Å²) in [6.07, 6.45) is 1.50. The third-order valence-corrected chi connectivity index (χ3v) is 2.82. The van der Waals surface area contributed by atoms with Crippen molar-refractivity contribution in [1.29, 1.82) is 0 Å². The first kappa shape index (κ1) is 13.4. The Balaban J connectivity index is 2.12. The molecule has 0 bridgehead atoms. The van der Waals surface area contributed by atoms with E-state index in [1.807, 2.05) is 6.92 Å². The van der Waals surface area contributed by atoms with E-state index in [4.69, 9.17) is 21.4 Å². The first-order chi connectivity index (χ1) is 9.10. The van der Waals surface area contributed by atoms with Crippen molar-refractivity contribution < 1.29 is 14.6 Å². The minimum Gasteiger partial charge on any atom is -0.486 e. The second-order valence-electron chi connectivity index (χ2n) is 3.88. The number of hydrogen-bond donors (Lipinski definition) is 1. The van der Waals surface area contributed by atoms with Gasteiger partial charge in [-0.15, -0.1) is 0 Å². The highest BCUT2D eigenvalue weighted by Gasteiger charge is 2.12. The Labute approximate surface area is 115 Å². The van der Waals surface area contributed by atoms with Crippen molar-refractivity contribution in [3.05, 3.63) is 47.0 Å². The van der Waals surface area contributed by atoms with Crippen LogP contribution in [0.1, 0.15) is 23.2 Å². The summed E-state index contributed by atoms with van der Waals surface area (Å²) in [5.41, 5.74) is 0.0199. The maximum Gasteiger partial charge on any atom is 0.356 e. The van der Waals surface area contributed by atoms with Gasteiger partial charge in [0, 0.05) is 17.8 Å². The molecule has 0 aliphatic heterocycles. The fourth-order valence-electron chi connectivity index (χ4n) is 1.65. The molecule has 0 fully saturated rings. The van der Waals surface area contributed by atoms with Gasteiger partial charge in [-0.3, -0.25) is 0 Å². The van der Waals surface area contributed by atoms with Crippen molar-refractivity contribution in [3.63, 3.8) is 0 Å². The number of ether oxygens (including phenoxy) is 1. The second-order valence-corrected chi connectivity index (χ2v) is 4.32. The molecule has 2 rings (SSSR count). The van der Waals surface area contributed by atoms with Gasteiger partial charge in [0.05, 0.1) is 0 Å². The molecule has 0 spiro atoms. The van der Waals surface area contributed by atoms with E-state index in [-0.39, 0.29) is 12.3 Å². The fourth-order valence-corrected chi connectivity index (χ4v) is 1.83. The predicted molar refractivity (Wildman–Crippen MR) is 70.6 cm³/mol. The van der Waals surface area contributed by atoms with Crippen LogP contribution in [0, 0.1) is 0 Å². The lowest BCUT2D eigenvalue weighted by molar-refractivity contribution is 0.0690. The molecule has 100 valence electrons. The Morgan fingerprint density at radius 1 is 1.53 bits per heavy atom. The van der Waals surface area contributed by atoms with Gasteiger partial charge < -0.3 is 14.4 Å². The van der Waals surface area contributed by atoms with E-state index in [1.54, 1.807) is 28.8 Å². The molecule has 0 aliphatic rings. The number of halogens is 1. The van der Waals surface area contributed by atoms with Gasteiger partial charge in [0.25, 0.3) is 0 Å². The van der Waals surface area contributed by atoms with E-state index in [1.165, 1.54) is 6.20 Å². The highest BCUT2D eigenvalue weighted by Crippen LogP contribution is 2.18. The first-order valence-electron chi connectivity index (χ1n) is 5.78. The van der Waals surface area contributed by atoms with E-state index in [9.17, 15) is 4.79 Å². The SMILES string of the molecule is CCn1cc(C(=O)O)nc1COc1cccc(Cl)c1. The third kappa shape index (κ3) is 3.26. The van der Waals surface area contributed by atoms with Crippen LogP contribution in [0.15, 0.2) is 30.5 Å². The summed E-state index contributed by atoms with van der Waals surface area (Å²) in [5, 5.41) is 9.49. The van der Waals surface area contributed by atoms with Crippen LogP contribution in [-0.4, -0.2) is 20.6 Å². The Hall–Kier alpha value is -2.01. The summed E-state index contributed by atoms with van der Waals surface area (Å²) in [6.45, 7) is 2.74. The van der Waals surface area contributed by atoms with Gasteiger partial charge in [0.2, 0.25) is 0 Å². The number of carboxylic acid groups (broad SMARTS) is 1. The van der Waals surface area contributed by atoms with Crippen molar-refractivity contribution in [3.8, 4) is 5.75 Å². The zero-order valence-electron chi connectivity index (χ0n) is 10.3. The summed E-state index contributed by atoms with van der Waals surface area (Å²) >= 11 is 5.85. The van der Waals surface area contributed by atoms with E-state index in [0.717, 1.165) is 0 Å². The molecule has 0 unspecified atom stereocenters. The van der Waals surface area contributed by atoms with Gasteiger partial charge in [0.1, 0.15) is 18.2 Å². The number of carbonyl (C=O) groups is 1. The Kier molecular flexibility index (Phi) is 4.06. The van der Waals surface area contributed by atoms with Gasteiger partial charge in [-0.05, 0) is 25.1 Å². The zero-order chi connectivity index (χ0) is 13.8. The molecular formula is C13H13ClN2O3. The number of carboxylic acids is 1. The maximum atomic E-state index is 10.9. The van der Waals surface area contributed by atoms with Crippen LogP contribution in [0.4, 0.5) is 0 Å². The lowest BCUT2D eigenvalue weighted by atomic mass is 10.3. The van der Waals surface area contributed by atoms with Crippen LogP contribution in [-0.2, 0) is 13.2 Å². The van der Waals surface area contributed by atoms with Crippen LogP contribution in [0.2, 0.25) is 5.02 Å². The molecule has 0 atom stereocenters. The van der Waals surface area contributed by atoms with Crippen molar-refractivity contribution in [1.82, 2.24) is 9.55 Å². The van der Waals surface area contributed by atoms with Crippen LogP contribution in [0.5, 0.6) is 5.75 Å². The number of aromatic nitrogens is 2. The minimum atomic E-state index is -1.05. The average molecular weight is 281 g/mol.